The first-order valence-corrected chi connectivity index (χ1v) is 15.0. The lowest BCUT2D eigenvalue weighted by Gasteiger charge is -2.60. The summed E-state index contributed by atoms with van der Waals surface area (Å²) in [5.74, 6) is 0. The second-order valence-electron chi connectivity index (χ2n) is 5.64. The number of hydrogen-bond acceptors (Lipinski definition) is 2. The van der Waals surface area contributed by atoms with Crippen molar-refractivity contribution >= 4 is 70.6 Å². The molecule has 1 saturated heterocycles. The summed E-state index contributed by atoms with van der Waals surface area (Å²) in [6.07, 6.45) is -9.40. The predicted molar refractivity (Wildman–Crippen MR) is 114 cm³/mol. The summed E-state index contributed by atoms with van der Waals surface area (Å²) >= 11 is 19.4. The molecule has 0 atom stereocenters. The van der Waals surface area contributed by atoms with Gasteiger partial charge in [-0.1, -0.05) is 24.3 Å². The van der Waals surface area contributed by atoms with E-state index in [1.807, 2.05) is 0 Å². The van der Waals surface area contributed by atoms with Gasteiger partial charge >= 0.3 is 12.4 Å². The lowest BCUT2D eigenvalue weighted by molar-refractivity contribution is -0.137. The van der Waals surface area contributed by atoms with Crippen LogP contribution in [0.25, 0.3) is 0 Å². The molecule has 0 N–H and O–H groups in total. The molecule has 0 aliphatic carbocycles. The maximum Gasteiger partial charge on any atom is 0.418 e. The van der Waals surface area contributed by atoms with Gasteiger partial charge in [0.15, 0.2) is 11.1 Å². The first-order chi connectivity index (χ1) is 12.7. The van der Waals surface area contributed by atoms with Gasteiger partial charge in [0.2, 0.25) is 0 Å². The van der Waals surface area contributed by atoms with Crippen LogP contribution in [0.15, 0.2) is 48.5 Å². The third kappa shape index (κ3) is 3.61. The molecule has 2 aromatic carbocycles. The van der Waals surface area contributed by atoms with Gasteiger partial charge in [-0.2, -0.15) is 26.3 Å². The molecular formula is C14H10F6N2P2S4. The minimum Gasteiger partial charge on any atom is -0.266 e. The largest absolute Gasteiger partial charge is 0.418 e. The fraction of sp³-hybridized carbons (Fsp3) is 0.143. The molecule has 1 aliphatic heterocycles. The molecular weight excluding hydrogens is 500 g/mol. The quantitative estimate of drug-likeness (QED) is 0.248. The number of para-hydroxylation sites is 2. The molecule has 0 spiro atoms. The van der Waals surface area contributed by atoms with Gasteiger partial charge < -0.3 is 0 Å². The summed E-state index contributed by atoms with van der Waals surface area (Å²) in [4.78, 5) is 0. The molecule has 0 radical (unpaired) electrons. The highest BCUT2D eigenvalue weighted by Crippen LogP contribution is 2.91. The summed E-state index contributed by atoms with van der Waals surface area (Å²) in [6, 6.07) is 9.18. The molecule has 0 saturated carbocycles. The van der Waals surface area contributed by atoms with Gasteiger partial charge in [-0.3, -0.25) is 8.88 Å². The molecule has 2 aromatic rings. The zero-order valence-electron chi connectivity index (χ0n) is 13.4. The monoisotopic (exact) mass is 510 g/mol. The van der Waals surface area contributed by atoms with Crippen molar-refractivity contribution in [2.24, 2.45) is 0 Å². The van der Waals surface area contributed by atoms with Crippen LogP contribution in [0.2, 0.25) is 0 Å². The summed E-state index contributed by atoms with van der Waals surface area (Å²) < 4.78 is 82.8. The molecule has 3 rings (SSSR count). The van der Waals surface area contributed by atoms with Crippen LogP contribution >= 0.6 is 35.6 Å². The maximum absolute atomic E-state index is 13.4. The van der Waals surface area contributed by atoms with Crippen molar-refractivity contribution in [3.05, 3.63) is 59.7 Å². The number of nitrogens with zero attached hydrogens (tertiary/aromatic N) is 2. The zero-order valence-corrected chi connectivity index (χ0v) is 18.6. The van der Waals surface area contributed by atoms with Gasteiger partial charge in [0.25, 0.3) is 0 Å². The van der Waals surface area contributed by atoms with Crippen LogP contribution in [0.4, 0.5) is 37.7 Å². The molecule has 152 valence electrons. The molecule has 28 heavy (non-hydrogen) atoms. The SMILES string of the molecule is FC(F)(F)c1ccccc1N1P(=S)(S)N(c2ccccc2C(F)(F)F)P1(=S)S. The summed E-state index contributed by atoms with van der Waals surface area (Å²) in [7, 11) is 0. The Labute approximate surface area is 177 Å². The third-order valence-corrected chi connectivity index (χ3v) is 17.0. The lowest BCUT2D eigenvalue weighted by atomic mass is 10.2. The number of rotatable bonds is 2. The van der Waals surface area contributed by atoms with E-state index in [9.17, 15) is 26.3 Å². The standard InChI is InChI=1S/C14H10F6N2P2S4/c15-13(16,17)9-5-1-3-7-11(9)21-23(25,26)22(24(21,27)28)12-8-4-2-6-10(12)14(18,19)20/h1-8H,(H,25,26)(H,27,28). The second-order valence-corrected chi connectivity index (χ2v) is 17.9. The fourth-order valence-electron chi connectivity index (χ4n) is 2.77. The van der Waals surface area contributed by atoms with E-state index < -0.39 is 34.6 Å². The third-order valence-electron chi connectivity index (χ3n) is 3.84. The van der Waals surface area contributed by atoms with Crippen LogP contribution < -0.4 is 8.88 Å². The summed E-state index contributed by atoms with van der Waals surface area (Å²) in [5.41, 5.74) is -9.41. The molecule has 1 fully saturated rings. The summed E-state index contributed by atoms with van der Waals surface area (Å²) in [5, 5.41) is 0. The van der Waals surface area contributed by atoms with Crippen LogP contribution in [0, 0.1) is 0 Å². The Morgan fingerprint density at radius 2 is 0.929 bits per heavy atom. The second kappa shape index (κ2) is 7.10. The van der Waals surface area contributed by atoms with E-state index in [4.69, 9.17) is 23.6 Å². The van der Waals surface area contributed by atoms with E-state index >= 15 is 0 Å². The van der Waals surface area contributed by atoms with Crippen LogP contribution in [0.1, 0.15) is 11.1 Å². The smallest absolute Gasteiger partial charge is 0.266 e. The molecule has 0 aromatic heterocycles. The number of thiol groups is 2. The Hall–Kier alpha value is -0.380. The number of hydrogen-bond donors (Lipinski definition) is 2. The molecule has 0 unspecified atom stereocenters. The molecule has 2 nitrogen and oxygen atoms in total. The van der Waals surface area contributed by atoms with E-state index in [1.54, 1.807) is 0 Å². The minimum absolute atomic E-state index is 0.326. The van der Waals surface area contributed by atoms with Crippen molar-refractivity contribution in [3.63, 3.8) is 0 Å². The first-order valence-electron chi connectivity index (χ1n) is 7.30. The van der Waals surface area contributed by atoms with Gasteiger partial charge in [0.05, 0.1) is 22.5 Å². The van der Waals surface area contributed by atoms with Crippen LogP contribution in [-0.4, -0.2) is 0 Å². The first kappa shape index (κ1) is 22.3. The van der Waals surface area contributed by atoms with Gasteiger partial charge in [-0.25, -0.2) is 0 Å². The zero-order chi connectivity index (χ0) is 21.1. The number of anilines is 2. The van der Waals surface area contributed by atoms with Crippen LogP contribution in [0.5, 0.6) is 0 Å². The Balaban J connectivity index is 2.18. The highest BCUT2D eigenvalue weighted by atomic mass is 32.9. The van der Waals surface area contributed by atoms with E-state index in [0.29, 0.717) is 0 Å². The molecule has 1 heterocycles. The fourth-order valence-corrected chi connectivity index (χ4v) is 21.9. The molecule has 0 amide bonds. The molecule has 1 aliphatic rings. The Bertz CT molecular complexity index is 928. The highest BCUT2D eigenvalue weighted by molar-refractivity contribution is 8.80. The van der Waals surface area contributed by atoms with Crippen molar-refractivity contribution in [3.8, 4) is 0 Å². The maximum atomic E-state index is 13.4. The predicted octanol–water partition coefficient (Wildman–Crippen LogP) is 7.36. The van der Waals surface area contributed by atoms with Crippen molar-refractivity contribution in [1.29, 1.82) is 0 Å². The van der Waals surface area contributed by atoms with Gasteiger partial charge in [0, 0.05) is 0 Å². The number of benzene rings is 2. The average Bonchev–Trinajstić information content (AvgIpc) is 2.52. The minimum atomic E-state index is -4.70. The van der Waals surface area contributed by atoms with Crippen LogP contribution in [0.3, 0.4) is 0 Å². The normalized spacial score (nSPS) is 25.6. The highest BCUT2D eigenvalue weighted by Gasteiger charge is 2.57. The molecule has 14 heteroatoms. The Morgan fingerprint density at radius 1 is 0.643 bits per heavy atom. The van der Waals surface area contributed by atoms with E-state index in [0.717, 1.165) is 21.0 Å². The van der Waals surface area contributed by atoms with E-state index in [2.05, 4.69) is 24.5 Å². The van der Waals surface area contributed by atoms with E-state index in [1.165, 1.54) is 36.4 Å². The molecule has 0 bridgehead atoms. The average molecular weight is 510 g/mol. The summed E-state index contributed by atoms with van der Waals surface area (Å²) in [6.45, 7) is 0. The van der Waals surface area contributed by atoms with Gasteiger partial charge in [0.1, 0.15) is 0 Å². The van der Waals surface area contributed by atoms with Crippen molar-refractivity contribution in [2.75, 3.05) is 8.88 Å². The number of halogens is 6. The van der Waals surface area contributed by atoms with Crippen LogP contribution in [-0.2, 0) is 36.0 Å². The van der Waals surface area contributed by atoms with Crippen molar-refractivity contribution in [1.82, 2.24) is 0 Å². The van der Waals surface area contributed by atoms with E-state index in [-0.39, 0.29) is 11.4 Å². The number of alkyl halides is 6. The van der Waals surface area contributed by atoms with Gasteiger partial charge in [-0.15, -0.1) is 24.5 Å². The Morgan fingerprint density at radius 3 is 1.21 bits per heavy atom. The Kier molecular flexibility index (Phi) is 5.65. The lowest BCUT2D eigenvalue weighted by Crippen LogP contribution is -2.39. The topological polar surface area (TPSA) is 6.48 Å². The van der Waals surface area contributed by atoms with Crippen molar-refractivity contribution < 1.29 is 26.3 Å². The van der Waals surface area contributed by atoms with Crippen molar-refractivity contribution in [2.45, 2.75) is 12.4 Å². The van der Waals surface area contributed by atoms with Gasteiger partial charge in [-0.05, 0) is 47.9 Å².